The van der Waals surface area contributed by atoms with Crippen molar-refractivity contribution in [2.24, 2.45) is 0 Å². The van der Waals surface area contributed by atoms with Crippen LogP contribution in [0.1, 0.15) is 28.7 Å². The molecule has 0 saturated carbocycles. The van der Waals surface area contributed by atoms with Gasteiger partial charge in [0.2, 0.25) is 0 Å². The van der Waals surface area contributed by atoms with Crippen molar-refractivity contribution in [3.63, 3.8) is 0 Å². The first-order valence-corrected chi connectivity index (χ1v) is 5.45. The molecule has 2 rings (SSSR count). The van der Waals surface area contributed by atoms with Gasteiger partial charge in [-0.3, -0.25) is 0 Å². The van der Waals surface area contributed by atoms with E-state index in [1.807, 2.05) is 24.6 Å². The molecule has 6 heteroatoms. The third kappa shape index (κ3) is 1.91. The van der Waals surface area contributed by atoms with Crippen LogP contribution in [-0.4, -0.2) is 24.9 Å². The standard InChI is InChI=1S/C9H12N4OS/c1-6-3-10-9(15-6)7(2)13-5-11-12-8(13)4-14/h3,5,7,14H,4H2,1-2H3. The normalized spacial score (nSPS) is 13.0. The van der Waals surface area contributed by atoms with Crippen LogP contribution in [0.5, 0.6) is 0 Å². The Morgan fingerprint density at radius 2 is 2.40 bits per heavy atom. The minimum Gasteiger partial charge on any atom is -0.388 e. The van der Waals surface area contributed by atoms with E-state index >= 15 is 0 Å². The Bertz CT molecular complexity index is 450. The van der Waals surface area contributed by atoms with Crippen LogP contribution in [0.2, 0.25) is 0 Å². The average Bonchev–Trinajstić information content (AvgIpc) is 2.84. The van der Waals surface area contributed by atoms with Crippen LogP contribution in [0.15, 0.2) is 12.5 Å². The van der Waals surface area contributed by atoms with E-state index in [1.165, 1.54) is 4.88 Å². The minimum atomic E-state index is -0.102. The van der Waals surface area contributed by atoms with Crippen molar-refractivity contribution in [3.8, 4) is 0 Å². The maximum atomic E-state index is 9.07. The number of nitrogens with zero attached hydrogens (tertiary/aromatic N) is 4. The molecule has 80 valence electrons. The lowest BCUT2D eigenvalue weighted by molar-refractivity contribution is 0.263. The average molecular weight is 224 g/mol. The van der Waals surface area contributed by atoms with E-state index in [4.69, 9.17) is 5.11 Å². The number of aromatic nitrogens is 4. The molecule has 15 heavy (non-hydrogen) atoms. The van der Waals surface area contributed by atoms with E-state index in [2.05, 4.69) is 15.2 Å². The molecule has 2 aromatic rings. The van der Waals surface area contributed by atoms with Crippen molar-refractivity contribution in [2.75, 3.05) is 0 Å². The summed E-state index contributed by atoms with van der Waals surface area (Å²) in [5.74, 6) is 0.565. The Morgan fingerprint density at radius 1 is 1.60 bits per heavy atom. The van der Waals surface area contributed by atoms with E-state index in [0.717, 1.165) is 5.01 Å². The molecule has 0 radical (unpaired) electrons. The van der Waals surface area contributed by atoms with E-state index < -0.39 is 0 Å². The van der Waals surface area contributed by atoms with Crippen LogP contribution >= 0.6 is 11.3 Å². The highest BCUT2D eigenvalue weighted by Crippen LogP contribution is 2.23. The van der Waals surface area contributed by atoms with E-state index in [1.54, 1.807) is 17.7 Å². The second kappa shape index (κ2) is 4.08. The summed E-state index contributed by atoms with van der Waals surface area (Å²) < 4.78 is 1.83. The number of hydrogen-bond donors (Lipinski definition) is 1. The Kier molecular flexibility index (Phi) is 2.79. The first-order chi connectivity index (χ1) is 7.22. The number of aryl methyl sites for hydroxylation is 1. The Hall–Kier alpha value is -1.27. The molecule has 0 aliphatic heterocycles. The van der Waals surface area contributed by atoms with Crippen molar-refractivity contribution in [1.29, 1.82) is 0 Å². The van der Waals surface area contributed by atoms with Gasteiger partial charge in [0.1, 0.15) is 17.9 Å². The van der Waals surface area contributed by atoms with Crippen LogP contribution in [0.3, 0.4) is 0 Å². The molecule has 0 aliphatic carbocycles. The molecular weight excluding hydrogens is 212 g/mol. The summed E-state index contributed by atoms with van der Waals surface area (Å²) in [6.07, 6.45) is 3.46. The van der Waals surface area contributed by atoms with Gasteiger partial charge < -0.3 is 9.67 Å². The van der Waals surface area contributed by atoms with E-state index in [-0.39, 0.29) is 12.6 Å². The van der Waals surface area contributed by atoms with Gasteiger partial charge in [-0.05, 0) is 13.8 Å². The maximum absolute atomic E-state index is 9.07. The predicted octanol–water partition coefficient (Wildman–Crippen LogP) is 1.14. The monoisotopic (exact) mass is 224 g/mol. The second-order valence-electron chi connectivity index (χ2n) is 3.30. The number of aliphatic hydroxyl groups excluding tert-OH is 1. The zero-order valence-electron chi connectivity index (χ0n) is 8.58. The fraction of sp³-hybridized carbons (Fsp3) is 0.444. The molecule has 5 nitrogen and oxygen atoms in total. The van der Waals surface area contributed by atoms with Crippen molar-refractivity contribution in [2.45, 2.75) is 26.5 Å². The molecule has 0 fully saturated rings. The molecule has 0 amide bonds. The number of rotatable bonds is 3. The summed E-state index contributed by atoms with van der Waals surface area (Å²) in [6, 6.07) is 0.0702. The van der Waals surface area contributed by atoms with Gasteiger partial charge in [0.25, 0.3) is 0 Å². The summed E-state index contributed by atoms with van der Waals surface area (Å²) in [6.45, 7) is 3.93. The van der Waals surface area contributed by atoms with Gasteiger partial charge in [-0.1, -0.05) is 0 Å². The molecule has 1 N–H and O–H groups in total. The highest BCUT2D eigenvalue weighted by Gasteiger charge is 2.14. The first-order valence-electron chi connectivity index (χ1n) is 4.64. The van der Waals surface area contributed by atoms with Gasteiger partial charge >= 0.3 is 0 Å². The summed E-state index contributed by atoms with van der Waals surface area (Å²) in [7, 11) is 0. The summed E-state index contributed by atoms with van der Waals surface area (Å²) >= 11 is 1.64. The Labute approximate surface area is 91.4 Å². The molecular formula is C9H12N4OS. The Morgan fingerprint density at radius 3 is 3.00 bits per heavy atom. The zero-order valence-corrected chi connectivity index (χ0v) is 9.40. The van der Waals surface area contributed by atoms with Gasteiger partial charge in [0.15, 0.2) is 5.82 Å². The minimum absolute atomic E-state index is 0.0702. The van der Waals surface area contributed by atoms with Crippen molar-refractivity contribution in [1.82, 2.24) is 19.7 Å². The van der Waals surface area contributed by atoms with Crippen LogP contribution in [0.25, 0.3) is 0 Å². The lowest BCUT2D eigenvalue weighted by atomic mass is 10.3. The fourth-order valence-corrected chi connectivity index (χ4v) is 2.21. The van der Waals surface area contributed by atoms with E-state index in [0.29, 0.717) is 5.82 Å². The first kappa shape index (κ1) is 10.3. The molecule has 0 aromatic carbocycles. The largest absolute Gasteiger partial charge is 0.388 e. The highest BCUT2D eigenvalue weighted by molar-refractivity contribution is 7.11. The highest BCUT2D eigenvalue weighted by atomic mass is 32.1. The van der Waals surface area contributed by atoms with Gasteiger partial charge in [-0.2, -0.15) is 0 Å². The summed E-state index contributed by atoms with van der Waals surface area (Å²) in [4.78, 5) is 5.48. The number of aliphatic hydroxyl groups is 1. The smallest absolute Gasteiger partial charge is 0.159 e. The summed E-state index contributed by atoms with van der Waals surface area (Å²) in [5.41, 5.74) is 0. The molecule has 2 aromatic heterocycles. The summed E-state index contributed by atoms with van der Waals surface area (Å²) in [5, 5.41) is 17.7. The third-order valence-electron chi connectivity index (χ3n) is 2.20. The van der Waals surface area contributed by atoms with Gasteiger partial charge in [-0.25, -0.2) is 4.98 Å². The zero-order chi connectivity index (χ0) is 10.8. The fourth-order valence-electron chi connectivity index (χ4n) is 1.39. The second-order valence-corrected chi connectivity index (χ2v) is 4.56. The van der Waals surface area contributed by atoms with Gasteiger partial charge in [-0.15, -0.1) is 21.5 Å². The van der Waals surface area contributed by atoms with Gasteiger partial charge in [0.05, 0.1) is 6.04 Å². The molecule has 0 aliphatic rings. The van der Waals surface area contributed by atoms with Crippen molar-refractivity contribution < 1.29 is 5.11 Å². The molecule has 0 saturated heterocycles. The van der Waals surface area contributed by atoms with Gasteiger partial charge in [0, 0.05) is 11.1 Å². The molecule has 1 unspecified atom stereocenters. The Balaban J connectivity index is 2.31. The number of thiazole rings is 1. The lowest BCUT2D eigenvalue weighted by Gasteiger charge is -2.11. The van der Waals surface area contributed by atoms with Crippen LogP contribution in [-0.2, 0) is 6.61 Å². The maximum Gasteiger partial charge on any atom is 0.159 e. The van der Waals surface area contributed by atoms with E-state index in [9.17, 15) is 0 Å². The molecule has 0 spiro atoms. The van der Waals surface area contributed by atoms with Crippen LogP contribution < -0.4 is 0 Å². The quantitative estimate of drug-likeness (QED) is 0.849. The van der Waals surface area contributed by atoms with Crippen LogP contribution in [0.4, 0.5) is 0 Å². The number of hydrogen-bond acceptors (Lipinski definition) is 5. The molecule has 1 atom stereocenters. The molecule has 0 bridgehead atoms. The van der Waals surface area contributed by atoms with Crippen molar-refractivity contribution >= 4 is 11.3 Å². The SMILES string of the molecule is Cc1cnc(C(C)n2cnnc2CO)s1. The topological polar surface area (TPSA) is 63.8 Å². The lowest BCUT2D eigenvalue weighted by Crippen LogP contribution is -2.09. The predicted molar refractivity (Wildman–Crippen MR) is 56.6 cm³/mol. The third-order valence-corrected chi connectivity index (χ3v) is 3.29. The molecule has 2 heterocycles. The van der Waals surface area contributed by atoms with Crippen molar-refractivity contribution in [3.05, 3.63) is 28.2 Å². The van der Waals surface area contributed by atoms with Crippen LogP contribution in [0, 0.1) is 6.92 Å².